The second-order valence-electron chi connectivity index (χ2n) is 6.15. The number of halogens is 4. The normalized spacial score (nSPS) is 12.8. The number of rotatable bonds is 6. The molecule has 0 aromatic heterocycles. The van der Waals surface area contributed by atoms with E-state index in [2.05, 4.69) is 15.8 Å². The molecule has 2 aromatic rings. The maximum absolute atomic E-state index is 12.8. The lowest BCUT2D eigenvalue weighted by Gasteiger charge is -2.11. The second-order valence-corrected chi connectivity index (χ2v) is 6.55. The summed E-state index contributed by atoms with van der Waals surface area (Å²) >= 11 is 5.82. The molecule has 0 atom stereocenters. The van der Waals surface area contributed by atoms with Gasteiger partial charge in [-0.3, -0.25) is 9.59 Å². The van der Waals surface area contributed by atoms with Crippen LogP contribution in [0.25, 0.3) is 0 Å². The number of amides is 2. The molecule has 30 heavy (non-hydrogen) atoms. The van der Waals surface area contributed by atoms with Crippen molar-refractivity contribution in [3.63, 3.8) is 0 Å². The van der Waals surface area contributed by atoms with E-state index in [0.717, 1.165) is 18.2 Å². The van der Waals surface area contributed by atoms with E-state index in [4.69, 9.17) is 21.1 Å². The standard InChI is InChI=1S/C19H15ClF3N3O4/c20-13-3-2-12(19(21,22)23)8-14(13)25-17(27)5-6-18(28)26-24-9-11-1-4-15-16(7-11)30-10-29-15/h1-4,7-9H,5-6,10H2,(H,25,27)(H,26,28). The molecular formula is C19H15ClF3N3O4. The molecule has 0 radical (unpaired) electrons. The SMILES string of the molecule is O=C(CCC(=O)Nc1cc(C(F)(F)F)ccc1Cl)NN=Cc1ccc2c(c1)OCO2. The van der Waals surface area contributed by atoms with Crippen LogP contribution >= 0.6 is 11.6 Å². The van der Waals surface area contributed by atoms with Crippen molar-refractivity contribution in [1.29, 1.82) is 0 Å². The zero-order valence-corrected chi connectivity index (χ0v) is 16.0. The summed E-state index contributed by atoms with van der Waals surface area (Å²) in [7, 11) is 0. The maximum Gasteiger partial charge on any atom is 0.416 e. The van der Waals surface area contributed by atoms with E-state index in [0.29, 0.717) is 17.1 Å². The van der Waals surface area contributed by atoms with Crippen LogP contribution in [0.3, 0.4) is 0 Å². The summed E-state index contributed by atoms with van der Waals surface area (Å²) in [6.07, 6.45) is -3.67. The van der Waals surface area contributed by atoms with Crippen LogP contribution in [0.15, 0.2) is 41.5 Å². The molecular weight excluding hydrogens is 427 g/mol. The maximum atomic E-state index is 12.8. The van der Waals surface area contributed by atoms with Crippen LogP contribution in [0.2, 0.25) is 5.02 Å². The first-order valence-corrected chi connectivity index (χ1v) is 8.98. The number of benzene rings is 2. The van der Waals surface area contributed by atoms with Gasteiger partial charge in [-0.25, -0.2) is 5.43 Å². The molecule has 1 aliphatic heterocycles. The molecule has 2 amide bonds. The largest absolute Gasteiger partial charge is 0.454 e. The van der Waals surface area contributed by atoms with E-state index in [9.17, 15) is 22.8 Å². The molecule has 11 heteroatoms. The Morgan fingerprint density at radius 1 is 1.07 bits per heavy atom. The van der Waals surface area contributed by atoms with Crippen LogP contribution in [0.1, 0.15) is 24.0 Å². The molecule has 2 N–H and O–H groups in total. The number of hydrogen-bond donors (Lipinski definition) is 2. The van der Waals surface area contributed by atoms with Crippen molar-refractivity contribution < 1.29 is 32.2 Å². The average molecular weight is 442 g/mol. The third kappa shape index (κ3) is 5.63. The van der Waals surface area contributed by atoms with Crippen LogP contribution < -0.4 is 20.2 Å². The highest BCUT2D eigenvalue weighted by molar-refractivity contribution is 6.33. The summed E-state index contributed by atoms with van der Waals surface area (Å²) in [6, 6.07) is 7.69. The first-order valence-electron chi connectivity index (χ1n) is 8.60. The summed E-state index contributed by atoms with van der Waals surface area (Å²) in [6.45, 7) is 0.139. The van der Waals surface area contributed by atoms with Crippen molar-refractivity contribution in [2.45, 2.75) is 19.0 Å². The topological polar surface area (TPSA) is 89.0 Å². The van der Waals surface area contributed by atoms with Gasteiger partial charge in [-0.1, -0.05) is 11.6 Å². The number of hydrogen-bond acceptors (Lipinski definition) is 5. The van der Waals surface area contributed by atoms with Gasteiger partial charge in [-0.05, 0) is 42.0 Å². The number of carbonyl (C=O) groups excluding carboxylic acids is 2. The molecule has 0 saturated carbocycles. The molecule has 0 bridgehead atoms. The first kappa shape index (κ1) is 21.4. The third-order valence-electron chi connectivity index (χ3n) is 3.95. The highest BCUT2D eigenvalue weighted by Crippen LogP contribution is 2.34. The fourth-order valence-electron chi connectivity index (χ4n) is 2.47. The van der Waals surface area contributed by atoms with Crippen molar-refractivity contribution in [2.24, 2.45) is 5.10 Å². The minimum absolute atomic E-state index is 0.0471. The molecule has 7 nitrogen and oxygen atoms in total. The van der Waals surface area contributed by atoms with Crippen molar-refractivity contribution in [1.82, 2.24) is 5.43 Å². The monoisotopic (exact) mass is 441 g/mol. The van der Waals surface area contributed by atoms with Crippen molar-refractivity contribution >= 4 is 35.3 Å². The minimum atomic E-state index is -4.57. The van der Waals surface area contributed by atoms with Crippen LogP contribution in [-0.4, -0.2) is 24.8 Å². The van der Waals surface area contributed by atoms with E-state index in [1.54, 1.807) is 18.2 Å². The number of alkyl halides is 3. The summed E-state index contributed by atoms with van der Waals surface area (Å²) < 4.78 is 48.7. The molecule has 0 saturated heterocycles. The lowest BCUT2D eigenvalue weighted by molar-refractivity contribution is -0.137. The molecule has 3 rings (SSSR count). The quantitative estimate of drug-likeness (QED) is 0.524. The van der Waals surface area contributed by atoms with Crippen molar-refractivity contribution in [3.05, 3.63) is 52.5 Å². The van der Waals surface area contributed by atoms with E-state index < -0.39 is 23.6 Å². The predicted molar refractivity (Wildman–Crippen MR) is 103 cm³/mol. The summed E-state index contributed by atoms with van der Waals surface area (Å²) in [5, 5.41) is 6.00. The van der Waals surface area contributed by atoms with Crippen LogP contribution in [0, 0.1) is 0 Å². The molecule has 1 heterocycles. The molecule has 0 aliphatic carbocycles. The summed E-state index contributed by atoms with van der Waals surface area (Å²) in [5.74, 6) is -0.0262. The van der Waals surface area contributed by atoms with Crippen LogP contribution in [-0.2, 0) is 15.8 Å². The van der Waals surface area contributed by atoms with Gasteiger partial charge in [0.2, 0.25) is 18.6 Å². The Labute approximate surface area is 173 Å². The predicted octanol–water partition coefficient (Wildman–Crippen LogP) is 3.96. The number of hydrazone groups is 1. The van der Waals surface area contributed by atoms with Gasteiger partial charge in [-0.2, -0.15) is 18.3 Å². The first-order chi connectivity index (χ1) is 14.2. The van der Waals surface area contributed by atoms with Crippen LogP contribution in [0.5, 0.6) is 11.5 Å². The van der Waals surface area contributed by atoms with Gasteiger partial charge < -0.3 is 14.8 Å². The Hall–Kier alpha value is -3.27. The summed E-state index contributed by atoms with van der Waals surface area (Å²) in [5.41, 5.74) is 1.80. The van der Waals surface area contributed by atoms with E-state index >= 15 is 0 Å². The average Bonchev–Trinajstić information content (AvgIpc) is 3.15. The van der Waals surface area contributed by atoms with Crippen molar-refractivity contribution in [3.8, 4) is 11.5 Å². The number of fused-ring (bicyclic) bond motifs is 1. The van der Waals surface area contributed by atoms with Gasteiger partial charge in [0, 0.05) is 12.8 Å². The number of carbonyl (C=O) groups is 2. The second kappa shape index (κ2) is 9.04. The van der Waals surface area contributed by atoms with Gasteiger partial charge in [-0.15, -0.1) is 0 Å². The molecule has 1 aliphatic rings. The molecule has 0 spiro atoms. The summed E-state index contributed by atoms with van der Waals surface area (Å²) in [4.78, 5) is 23.7. The molecule has 2 aromatic carbocycles. The Balaban J connectivity index is 1.47. The highest BCUT2D eigenvalue weighted by atomic mass is 35.5. The Morgan fingerprint density at radius 2 is 1.80 bits per heavy atom. The number of anilines is 1. The van der Waals surface area contributed by atoms with Gasteiger partial charge in [0.05, 0.1) is 22.5 Å². The van der Waals surface area contributed by atoms with Gasteiger partial charge in [0.25, 0.3) is 0 Å². The smallest absolute Gasteiger partial charge is 0.416 e. The molecule has 0 fully saturated rings. The van der Waals surface area contributed by atoms with Gasteiger partial charge in [0.1, 0.15) is 0 Å². The van der Waals surface area contributed by atoms with E-state index in [-0.39, 0.29) is 30.3 Å². The Bertz CT molecular complexity index is 995. The fraction of sp³-hybridized carbons (Fsp3) is 0.211. The number of nitrogens with one attached hydrogen (secondary N) is 2. The fourth-order valence-corrected chi connectivity index (χ4v) is 2.63. The van der Waals surface area contributed by atoms with E-state index in [1.165, 1.54) is 6.21 Å². The van der Waals surface area contributed by atoms with Crippen LogP contribution in [0.4, 0.5) is 18.9 Å². The lowest BCUT2D eigenvalue weighted by Crippen LogP contribution is -2.21. The van der Waals surface area contributed by atoms with Gasteiger partial charge in [0.15, 0.2) is 11.5 Å². The zero-order valence-electron chi connectivity index (χ0n) is 15.3. The third-order valence-corrected chi connectivity index (χ3v) is 4.28. The number of ether oxygens (including phenoxy) is 2. The van der Waals surface area contributed by atoms with E-state index in [1.807, 2.05) is 0 Å². The zero-order chi connectivity index (χ0) is 21.7. The Morgan fingerprint density at radius 3 is 2.57 bits per heavy atom. The van der Waals surface area contributed by atoms with Gasteiger partial charge >= 0.3 is 6.18 Å². The minimum Gasteiger partial charge on any atom is -0.454 e. The number of nitrogens with zero attached hydrogens (tertiary/aromatic N) is 1. The Kier molecular flexibility index (Phi) is 6.46. The molecule has 158 valence electrons. The lowest BCUT2D eigenvalue weighted by atomic mass is 10.2. The van der Waals surface area contributed by atoms with Crippen molar-refractivity contribution in [2.75, 3.05) is 12.1 Å². The molecule has 0 unspecified atom stereocenters. The highest BCUT2D eigenvalue weighted by Gasteiger charge is 2.31.